The van der Waals surface area contributed by atoms with Gasteiger partial charge < -0.3 is 10.4 Å². The van der Waals surface area contributed by atoms with Crippen molar-refractivity contribution >= 4 is 27.3 Å². The zero-order valence-electron chi connectivity index (χ0n) is 15.3. The first-order valence-electron chi connectivity index (χ1n) is 9.26. The van der Waals surface area contributed by atoms with Gasteiger partial charge in [-0.1, -0.05) is 78.9 Å². The van der Waals surface area contributed by atoms with E-state index in [9.17, 15) is 9.90 Å². The van der Waals surface area contributed by atoms with E-state index in [1.54, 1.807) is 11.3 Å². The first-order valence-corrected chi connectivity index (χ1v) is 10.1. The van der Waals surface area contributed by atoms with Crippen LogP contribution in [0.5, 0.6) is 0 Å². The van der Waals surface area contributed by atoms with Gasteiger partial charge in [0.15, 0.2) is 0 Å². The van der Waals surface area contributed by atoms with E-state index < -0.39 is 12.0 Å². The Labute approximate surface area is 168 Å². The molecule has 3 nitrogen and oxygen atoms in total. The third-order valence-electron chi connectivity index (χ3n) is 4.87. The highest BCUT2D eigenvalue weighted by Gasteiger charge is 2.23. The molecule has 0 saturated carbocycles. The van der Waals surface area contributed by atoms with E-state index in [0.717, 1.165) is 26.8 Å². The summed E-state index contributed by atoms with van der Waals surface area (Å²) in [4.78, 5) is 13.1. The Morgan fingerprint density at radius 1 is 0.857 bits per heavy atom. The van der Waals surface area contributed by atoms with Gasteiger partial charge in [-0.2, -0.15) is 0 Å². The monoisotopic (exact) mass is 387 g/mol. The maximum absolute atomic E-state index is 13.1. The van der Waals surface area contributed by atoms with Crippen LogP contribution in [0.4, 0.5) is 0 Å². The maximum Gasteiger partial charge on any atom is 0.232 e. The maximum atomic E-state index is 13.1. The van der Waals surface area contributed by atoms with Crippen LogP contribution in [0.1, 0.15) is 28.7 Å². The average molecular weight is 388 g/mol. The van der Waals surface area contributed by atoms with Gasteiger partial charge in [0.25, 0.3) is 0 Å². The van der Waals surface area contributed by atoms with Crippen molar-refractivity contribution in [1.82, 2.24) is 5.32 Å². The smallest absolute Gasteiger partial charge is 0.232 e. The summed E-state index contributed by atoms with van der Waals surface area (Å²) in [6.07, 6.45) is -0.743. The molecule has 2 N–H and O–H groups in total. The summed E-state index contributed by atoms with van der Waals surface area (Å²) in [5, 5.41) is 16.6. The molecule has 3 aromatic carbocycles. The van der Waals surface area contributed by atoms with E-state index in [2.05, 4.69) is 5.32 Å². The molecule has 0 fully saturated rings. The number of carbonyl (C=O) groups excluding carboxylic acids is 1. The summed E-state index contributed by atoms with van der Waals surface area (Å²) in [7, 11) is 0. The van der Waals surface area contributed by atoms with E-state index in [-0.39, 0.29) is 12.5 Å². The summed E-state index contributed by atoms with van der Waals surface area (Å²) in [5.41, 5.74) is 2.72. The first kappa shape index (κ1) is 18.4. The first-order chi connectivity index (χ1) is 13.7. The highest BCUT2D eigenvalue weighted by Crippen LogP contribution is 2.30. The molecule has 4 rings (SSSR count). The topological polar surface area (TPSA) is 49.3 Å². The third-order valence-corrected chi connectivity index (χ3v) is 5.85. The predicted molar refractivity (Wildman–Crippen MR) is 115 cm³/mol. The minimum absolute atomic E-state index is 0.115. The Morgan fingerprint density at radius 3 is 2.07 bits per heavy atom. The molecular formula is C24H21NO2S. The number of carbonyl (C=O) groups is 1. The van der Waals surface area contributed by atoms with Crippen molar-refractivity contribution in [2.24, 2.45) is 0 Å². The lowest BCUT2D eigenvalue weighted by Gasteiger charge is -2.19. The highest BCUT2D eigenvalue weighted by molar-refractivity contribution is 7.17. The van der Waals surface area contributed by atoms with E-state index in [1.165, 1.54) is 0 Å². The number of hydrogen-bond acceptors (Lipinski definition) is 3. The summed E-state index contributed by atoms with van der Waals surface area (Å²) in [6.45, 7) is 0.176. The van der Waals surface area contributed by atoms with Gasteiger partial charge in [-0.25, -0.2) is 0 Å². The summed E-state index contributed by atoms with van der Waals surface area (Å²) >= 11 is 1.60. The molecule has 4 aromatic rings. The number of rotatable bonds is 6. The standard InChI is InChI=1S/C24H21NO2S/c26-21(20-16-28-22-14-8-7-13-19(20)22)15-25-24(27)23(17-9-3-1-4-10-17)18-11-5-2-6-12-18/h1-14,16,21,23,26H,15H2,(H,25,27)/t21-/m0/s1. The molecule has 0 bridgehead atoms. The van der Waals surface area contributed by atoms with Crippen LogP contribution < -0.4 is 5.32 Å². The van der Waals surface area contributed by atoms with Crippen LogP contribution in [0.2, 0.25) is 0 Å². The van der Waals surface area contributed by atoms with Crippen molar-refractivity contribution in [1.29, 1.82) is 0 Å². The van der Waals surface area contributed by atoms with Crippen molar-refractivity contribution in [3.8, 4) is 0 Å². The molecule has 4 heteroatoms. The van der Waals surface area contributed by atoms with Crippen molar-refractivity contribution in [3.63, 3.8) is 0 Å². The number of benzene rings is 3. The molecule has 1 heterocycles. The van der Waals surface area contributed by atoms with Crippen LogP contribution >= 0.6 is 11.3 Å². The largest absolute Gasteiger partial charge is 0.387 e. The zero-order chi connectivity index (χ0) is 19.3. The summed E-state index contributed by atoms with van der Waals surface area (Å²) in [5.74, 6) is -0.523. The molecule has 0 aliphatic carbocycles. The molecule has 1 atom stereocenters. The number of thiophene rings is 1. The second-order valence-corrected chi connectivity index (χ2v) is 7.61. The van der Waals surface area contributed by atoms with Gasteiger partial charge in [0.2, 0.25) is 5.91 Å². The Morgan fingerprint density at radius 2 is 1.43 bits per heavy atom. The molecule has 0 aliphatic rings. The number of amides is 1. The van der Waals surface area contributed by atoms with Crippen molar-refractivity contribution in [3.05, 3.63) is 107 Å². The zero-order valence-corrected chi connectivity index (χ0v) is 16.1. The summed E-state index contributed by atoms with van der Waals surface area (Å²) in [6, 6.07) is 27.4. The number of aliphatic hydroxyl groups is 1. The Balaban J connectivity index is 1.53. The molecule has 28 heavy (non-hydrogen) atoms. The van der Waals surface area contributed by atoms with Crippen molar-refractivity contribution in [2.45, 2.75) is 12.0 Å². The Hall–Kier alpha value is -2.95. The Kier molecular flexibility index (Phi) is 5.51. The number of aliphatic hydroxyl groups excluding tert-OH is 1. The molecule has 0 saturated heterocycles. The van der Waals surface area contributed by atoms with Crippen molar-refractivity contribution in [2.75, 3.05) is 6.54 Å². The lowest BCUT2D eigenvalue weighted by molar-refractivity contribution is -0.122. The van der Waals surface area contributed by atoms with Crippen molar-refractivity contribution < 1.29 is 9.90 Å². The molecule has 140 valence electrons. The molecule has 1 amide bonds. The van der Waals surface area contributed by atoms with Gasteiger partial charge in [0.05, 0.1) is 12.0 Å². The van der Waals surface area contributed by atoms with Crippen LogP contribution in [0.15, 0.2) is 90.3 Å². The fraction of sp³-hybridized carbons (Fsp3) is 0.125. The van der Waals surface area contributed by atoms with Gasteiger partial charge >= 0.3 is 0 Å². The molecule has 1 aromatic heterocycles. The normalized spacial score (nSPS) is 12.2. The van der Waals surface area contributed by atoms with Gasteiger partial charge in [-0.3, -0.25) is 4.79 Å². The summed E-state index contributed by atoms with van der Waals surface area (Å²) < 4.78 is 1.13. The second kappa shape index (κ2) is 8.38. The van der Waals surface area contributed by atoms with Crippen LogP contribution in [0.3, 0.4) is 0 Å². The molecule has 0 radical (unpaired) electrons. The predicted octanol–water partition coefficient (Wildman–Crippen LogP) is 4.88. The van der Waals surface area contributed by atoms with Gasteiger partial charge in [0, 0.05) is 16.8 Å². The lowest BCUT2D eigenvalue weighted by atomic mass is 9.90. The van der Waals surface area contributed by atoms with Crippen LogP contribution in [-0.2, 0) is 4.79 Å². The van der Waals surface area contributed by atoms with E-state index in [4.69, 9.17) is 0 Å². The van der Waals surface area contributed by atoms with Crippen LogP contribution in [-0.4, -0.2) is 17.6 Å². The number of hydrogen-bond donors (Lipinski definition) is 2. The number of fused-ring (bicyclic) bond motifs is 1. The highest BCUT2D eigenvalue weighted by atomic mass is 32.1. The van der Waals surface area contributed by atoms with Gasteiger partial charge in [0.1, 0.15) is 0 Å². The fourth-order valence-corrected chi connectivity index (χ4v) is 4.46. The fourth-order valence-electron chi connectivity index (χ4n) is 3.45. The molecular weight excluding hydrogens is 366 g/mol. The second-order valence-electron chi connectivity index (χ2n) is 6.70. The molecule has 0 unspecified atom stereocenters. The number of nitrogens with one attached hydrogen (secondary N) is 1. The van der Waals surface area contributed by atoms with Crippen LogP contribution in [0.25, 0.3) is 10.1 Å². The van der Waals surface area contributed by atoms with Gasteiger partial charge in [-0.15, -0.1) is 11.3 Å². The third kappa shape index (κ3) is 3.84. The average Bonchev–Trinajstić information content (AvgIpc) is 3.18. The molecule has 0 aliphatic heterocycles. The molecule has 0 spiro atoms. The minimum Gasteiger partial charge on any atom is -0.387 e. The minimum atomic E-state index is -0.743. The van der Waals surface area contributed by atoms with Crippen LogP contribution in [0, 0.1) is 0 Å². The quantitative estimate of drug-likeness (QED) is 0.495. The lowest BCUT2D eigenvalue weighted by Crippen LogP contribution is -2.33. The van der Waals surface area contributed by atoms with E-state index >= 15 is 0 Å². The van der Waals surface area contributed by atoms with Gasteiger partial charge in [-0.05, 0) is 28.0 Å². The van der Waals surface area contributed by atoms with E-state index in [0.29, 0.717) is 0 Å². The van der Waals surface area contributed by atoms with E-state index in [1.807, 2.05) is 90.3 Å². The Bertz CT molecular complexity index is 1020. The SMILES string of the molecule is O=C(NC[C@H](O)c1csc2ccccc12)C(c1ccccc1)c1ccccc1.